The minimum atomic E-state index is -0.0313. The lowest BCUT2D eigenvalue weighted by Gasteiger charge is -2.33. The molecule has 2 saturated heterocycles. The van der Waals surface area contributed by atoms with E-state index in [-0.39, 0.29) is 17.9 Å². The SMILES string of the molecule is O=C(NC[C@H](c1ccccc1Cl)N1CCCC1)[C@H]1CCCN(c2cnccn2)C1. The molecule has 2 aliphatic heterocycles. The summed E-state index contributed by atoms with van der Waals surface area (Å²) in [5.74, 6) is 0.932. The van der Waals surface area contributed by atoms with Gasteiger partial charge in [0.15, 0.2) is 0 Å². The summed E-state index contributed by atoms with van der Waals surface area (Å²) >= 11 is 6.49. The molecule has 1 N–H and O–H groups in total. The topological polar surface area (TPSA) is 61.4 Å². The first-order valence-electron chi connectivity index (χ1n) is 10.5. The maximum Gasteiger partial charge on any atom is 0.224 e. The van der Waals surface area contributed by atoms with Crippen LogP contribution in [0.15, 0.2) is 42.9 Å². The molecule has 29 heavy (non-hydrogen) atoms. The van der Waals surface area contributed by atoms with Crippen molar-refractivity contribution in [1.82, 2.24) is 20.2 Å². The summed E-state index contributed by atoms with van der Waals surface area (Å²) in [6, 6.07) is 8.10. The number of piperidine rings is 1. The molecule has 6 nitrogen and oxygen atoms in total. The summed E-state index contributed by atoms with van der Waals surface area (Å²) in [4.78, 5) is 26.1. The van der Waals surface area contributed by atoms with E-state index in [2.05, 4.69) is 31.2 Å². The number of carbonyl (C=O) groups is 1. The van der Waals surface area contributed by atoms with Crippen molar-refractivity contribution in [1.29, 1.82) is 0 Å². The molecule has 2 aliphatic rings. The molecular formula is C22H28ClN5O. The van der Waals surface area contributed by atoms with Gasteiger partial charge in [0, 0.05) is 37.1 Å². The minimum Gasteiger partial charge on any atom is -0.355 e. The molecule has 1 amide bonds. The van der Waals surface area contributed by atoms with Crippen LogP contribution < -0.4 is 10.2 Å². The van der Waals surface area contributed by atoms with Crippen LogP contribution in [0.4, 0.5) is 5.82 Å². The van der Waals surface area contributed by atoms with Crippen LogP contribution in [0, 0.1) is 5.92 Å². The monoisotopic (exact) mass is 413 g/mol. The van der Waals surface area contributed by atoms with Crippen molar-refractivity contribution in [3.05, 3.63) is 53.4 Å². The van der Waals surface area contributed by atoms with Gasteiger partial charge in [0.1, 0.15) is 5.82 Å². The van der Waals surface area contributed by atoms with E-state index in [1.54, 1.807) is 18.6 Å². The Hall–Kier alpha value is -2.18. The van der Waals surface area contributed by atoms with E-state index in [1.165, 1.54) is 12.8 Å². The molecule has 0 saturated carbocycles. The number of anilines is 1. The number of halogens is 1. The lowest BCUT2D eigenvalue weighted by molar-refractivity contribution is -0.125. The van der Waals surface area contributed by atoms with E-state index in [0.29, 0.717) is 13.1 Å². The maximum atomic E-state index is 13.0. The molecule has 0 spiro atoms. The van der Waals surface area contributed by atoms with Gasteiger partial charge in [0.05, 0.1) is 18.2 Å². The number of rotatable bonds is 6. The van der Waals surface area contributed by atoms with Crippen LogP contribution >= 0.6 is 11.6 Å². The zero-order chi connectivity index (χ0) is 20.1. The van der Waals surface area contributed by atoms with E-state index >= 15 is 0 Å². The molecule has 2 aromatic rings. The van der Waals surface area contributed by atoms with Crippen molar-refractivity contribution < 1.29 is 4.79 Å². The summed E-state index contributed by atoms with van der Waals surface area (Å²) < 4.78 is 0. The Morgan fingerprint density at radius 3 is 2.76 bits per heavy atom. The Morgan fingerprint density at radius 1 is 1.17 bits per heavy atom. The Balaban J connectivity index is 1.40. The number of hydrogen-bond donors (Lipinski definition) is 1. The van der Waals surface area contributed by atoms with Crippen molar-refractivity contribution in [2.45, 2.75) is 31.7 Å². The molecule has 1 aromatic carbocycles. The Labute approximate surface area is 177 Å². The number of likely N-dealkylation sites (tertiary alicyclic amines) is 1. The highest BCUT2D eigenvalue weighted by atomic mass is 35.5. The first-order valence-corrected chi connectivity index (χ1v) is 10.9. The average molecular weight is 414 g/mol. The third-order valence-electron chi connectivity index (χ3n) is 5.98. The Kier molecular flexibility index (Phi) is 6.62. The first kappa shape index (κ1) is 20.1. The molecule has 0 aliphatic carbocycles. The second-order valence-electron chi connectivity index (χ2n) is 7.87. The van der Waals surface area contributed by atoms with Crippen molar-refractivity contribution in [2.75, 3.05) is 37.6 Å². The zero-order valence-corrected chi connectivity index (χ0v) is 17.4. The Bertz CT molecular complexity index is 812. The molecule has 2 fully saturated rings. The van der Waals surface area contributed by atoms with Gasteiger partial charge in [-0.25, -0.2) is 4.98 Å². The van der Waals surface area contributed by atoms with Crippen molar-refractivity contribution >= 4 is 23.3 Å². The number of amides is 1. The van der Waals surface area contributed by atoms with Crippen molar-refractivity contribution in [3.8, 4) is 0 Å². The summed E-state index contributed by atoms with van der Waals surface area (Å²) in [5.41, 5.74) is 1.10. The van der Waals surface area contributed by atoms with Gasteiger partial charge in [-0.1, -0.05) is 29.8 Å². The standard InChI is InChI=1S/C22H28ClN5O/c23-19-8-2-1-7-18(19)20(27-11-3-4-12-27)14-26-22(29)17-6-5-13-28(16-17)21-15-24-9-10-25-21/h1-2,7-10,15,17,20H,3-6,11-14,16H2,(H,26,29)/t17-,20+/m0/s1. The van der Waals surface area contributed by atoms with Gasteiger partial charge in [0.2, 0.25) is 5.91 Å². The minimum absolute atomic E-state index is 0.0313. The predicted molar refractivity (Wildman–Crippen MR) is 115 cm³/mol. The fourth-order valence-electron chi connectivity index (χ4n) is 4.43. The number of nitrogens with zero attached hydrogens (tertiary/aromatic N) is 4. The van der Waals surface area contributed by atoms with Crippen LogP contribution in [-0.2, 0) is 4.79 Å². The third kappa shape index (κ3) is 4.87. The number of hydrogen-bond acceptors (Lipinski definition) is 5. The maximum absolute atomic E-state index is 13.0. The van der Waals surface area contributed by atoms with Crippen molar-refractivity contribution in [3.63, 3.8) is 0 Å². The molecule has 2 atom stereocenters. The van der Waals surface area contributed by atoms with Crippen molar-refractivity contribution in [2.24, 2.45) is 5.92 Å². The smallest absolute Gasteiger partial charge is 0.224 e. The molecule has 4 rings (SSSR count). The highest BCUT2D eigenvalue weighted by molar-refractivity contribution is 6.31. The van der Waals surface area contributed by atoms with E-state index < -0.39 is 0 Å². The quantitative estimate of drug-likeness (QED) is 0.787. The van der Waals surface area contributed by atoms with Crippen LogP contribution in [0.3, 0.4) is 0 Å². The first-order chi connectivity index (χ1) is 14.2. The van der Waals surface area contributed by atoms with Crippen LogP contribution in [0.1, 0.15) is 37.3 Å². The fourth-order valence-corrected chi connectivity index (χ4v) is 4.69. The molecule has 1 aromatic heterocycles. The molecule has 0 bridgehead atoms. The lowest BCUT2D eigenvalue weighted by atomic mass is 9.96. The number of carbonyl (C=O) groups excluding carboxylic acids is 1. The average Bonchev–Trinajstić information content (AvgIpc) is 3.30. The second kappa shape index (κ2) is 9.55. The van der Waals surface area contributed by atoms with Gasteiger partial charge in [0.25, 0.3) is 0 Å². The molecule has 3 heterocycles. The van der Waals surface area contributed by atoms with Gasteiger partial charge < -0.3 is 10.2 Å². The molecule has 0 radical (unpaired) electrons. The lowest BCUT2D eigenvalue weighted by Crippen LogP contribution is -2.45. The van der Waals surface area contributed by atoms with E-state index in [0.717, 1.165) is 48.9 Å². The van der Waals surface area contributed by atoms with Gasteiger partial charge in [-0.15, -0.1) is 0 Å². The van der Waals surface area contributed by atoms with Gasteiger partial charge >= 0.3 is 0 Å². The molecule has 0 unspecified atom stereocenters. The largest absolute Gasteiger partial charge is 0.355 e. The number of benzene rings is 1. The second-order valence-corrected chi connectivity index (χ2v) is 8.28. The normalized spacial score (nSPS) is 21.1. The third-order valence-corrected chi connectivity index (χ3v) is 6.33. The van der Waals surface area contributed by atoms with E-state index in [4.69, 9.17) is 11.6 Å². The summed E-state index contributed by atoms with van der Waals surface area (Å²) in [7, 11) is 0. The molecule has 7 heteroatoms. The van der Waals surface area contributed by atoms with E-state index in [1.807, 2.05) is 18.2 Å². The van der Waals surface area contributed by atoms with Crippen LogP contribution in [-0.4, -0.2) is 53.5 Å². The van der Waals surface area contributed by atoms with E-state index in [9.17, 15) is 4.79 Å². The van der Waals surface area contributed by atoms with Gasteiger partial charge in [-0.05, 0) is 50.4 Å². The number of aromatic nitrogens is 2. The van der Waals surface area contributed by atoms with Crippen LogP contribution in [0.25, 0.3) is 0 Å². The predicted octanol–water partition coefficient (Wildman–Crippen LogP) is 3.30. The highest BCUT2D eigenvalue weighted by Crippen LogP contribution is 2.30. The summed E-state index contributed by atoms with van der Waals surface area (Å²) in [5, 5.41) is 3.99. The van der Waals surface area contributed by atoms with Crippen LogP contribution in [0.2, 0.25) is 5.02 Å². The van der Waals surface area contributed by atoms with Crippen LogP contribution in [0.5, 0.6) is 0 Å². The zero-order valence-electron chi connectivity index (χ0n) is 16.6. The summed E-state index contributed by atoms with van der Waals surface area (Å²) in [6.45, 7) is 4.29. The molecular weight excluding hydrogens is 386 g/mol. The number of nitrogens with one attached hydrogen (secondary N) is 1. The van der Waals surface area contributed by atoms with Gasteiger partial charge in [-0.2, -0.15) is 0 Å². The fraction of sp³-hybridized carbons (Fsp3) is 0.500. The summed E-state index contributed by atoms with van der Waals surface area (Å²) in [6.07, 6.45) is 9.42. The molecule has 154 valence electrons. The Morgan fingerprint density at radius 2 is 2.00 bits per heavy atom. The van der Waals surface area contributed by atoms with Gasteiger partial charge in [-0.3, -0.25) is 14.7 Å². The highest BCUT2D eigenvalue weighted by Gasteiger charge is 2.29.